The predicted molar refractivity (Wildman–Crippen MR) is 76.7 cm³/mol. The van der Waals surface area contributed by atoms with Gasteiger partial charge in [-0.3, -0.25) is 4.99 Å². The summed E-state index contributed by atoms with van der Waals surface area (Å²) < 4.78 is 0. The molecule has 0 aromatic rings. The second-order valence-electron chi connectivity index (χ2n) is 4.29. The molecule has 102 valence electrons. The topological polar surface area (TPSA) is 39.7 Å². The predicted octanol–water partition coefficient (Wildman–Crippen LogP) is 1.68. The number of aliphatic imine (C=N–C) groups is 1. The Kier molecular flexibility index (Phi) is 11.2. The highest BCUT2D eigenvalue weighted by Crippen LogP contribution is 1.93. The number of guanidine groups is 1. The number of nitrogens with zero attached hydrogens (tertiary/aromatic N) is 2. The summed E-state index contributed by atoms with van der Waals surface area (Å²) in [7, 11) is 2.13. The van der Waals surface area contributed by atoms with E-state index in [4.69, 9.17) is 0 Å². The number of hydrogen-bond acceptors (Lipinski definition) is 2. The van der Waals surface area contributed by atoms with Crippen molar-refractivity contribution >= 4 is 5.96 Å². The zero-order valence-corrected chi connectivity index (χ0v) is 12.1. The lowest BCUT2D eigenvalue weighted by atomic mass is 10.2. The average Bonchev–Trinajstić information content (AvgIpc) is 2.34. The molecule has 0 saturated carbocycles. The molecule has 4 heteroatoms. The monoisotopic (exact) mass is 242 g/mol. The minimum absolute atomic E-state index is 0.920. The third-order valence-electron chi connectivity index (χ3n) is 2.70. The van der Waals surface area contributed by atoms with E-state index in [0.29, 0.717) is 0 Å². The van der Waals surface area contributed by atoms with Crippen molar-refractivity contribution in [1.29, 1.82) is 0 Å². The van der Waals surface area contributed by atoms with Crippen LogP contribution in [0.5, 0.6) is 0 Å². The number of nitrogens with one attached hydrogen (secondary N) is 2. The molecule has 4 nitrogen and oxygen atoms in total. The van der Waals surface area contributed by atoms with Gasteiger partial charge in [0.15, 0.2) is 5.96 Å². The van der Waals surface area contributed by atoms with Gasteiger partial charge in [-0.05, 0) is 26.9 Å². The van der Waals surface area contributed by atoms with E-state index in [1.165, 1.54) is 19.3 Å². The molecule has 17 heavy (non-hydrogen) atoms. The summed E-state index contributed by atoms with van der Waals surface area (Å²) in [6.07, 6.45) is 3.70. The lowest BCUT2D eigenvalue weighted by Crippen LogP contribution is -2.41. The van der Waals surface area contributed by atoms with Gasteiger partial charge in [0.25, 0.3) is 0 Å². The van der Waals surface area contributed by atoms with Crippen molar-refractivity contribution in [2.45, 2.75) is 40.0 Å². The van der Waals surface area contributed by atoms with Crippen molar-refractivity contribution in [3.05, 3.63) is 0 Å². The lowest BCUT2D eigenvalue weighted by molar-refractivity contribution is 0.357. The van der Waals surface area contributed by atoms with Gasteiger partial charge in [-0.25, -0.2) is 0 Å². The number of hydrogen-bond donors (Lipinski definition) is 2. The Labute approximate surface area is 107 Å². The van der Waals surface area contributed by atoms with Gasteiger partial charge in [0.2, 0.25) is 0 Å². The number of rotatable bonds is 9. The highest BCUT2D eigenvalue weighted by molar-refractivity contribution is 5.79. The zero-order valence-electron chi connectivity index (χ0n) is 12.1. The van der Waals surface area contributed by atoms with Crippen LogP contribution in [0, 0.1) is 0 Å². The van der Waals surface area contributed by atoms with Gasteiger partial charge in [-0.15, -0.1) is 0 Å². The SMILES string of the molecule is CCCCCN=C(NCC)NCCN(C)CC. The first-order valence-corrected chi connectivity index (χ1v) is 6.95. The molecule has 0 atom stereocenters. The summed E-state index contributed by atoms with van der Waals surface area (Å²) in [6.45, 7) is 11.4. The van der Waals surface area contributed by atoms with Gasteiger partial charge in [0, 0.05) is 26.2 Å². The van der Waals surface area contributed by atoms with Crippen LogP contribution in [0.25, 0.3) is 0 Å². The van der Waals surface area contributed by atoms with Crippen LogP contribution in [-0.4, -0.2) is 50.6 Å². The molecule has 0 aliphatic carbocycles. The molecule has 2 N–H and O–H groups in total. The van der Waals surface area contributed by atoms with Gasteiger partial charge < -0.3 is 15.5 Å². The van der Waals surface area contributed by atoms with Crippen molar-refractivity contribution in [3.63, 3.8) is 0 Å². The summed E-state index contributed by atoms with van der Waals surface area (Å²) in [5.74, 6) is 0.952. The minimum Gasteiger partial charge on any atom is -0.357 e. The first-order valence-electron chi connectivity index (χ1n) is 6.95. The minimum atomic E-state index is 0.920. The van der Waals surface area contributed by atoms with Gasteiger partial charge in [-0.2, -0.15) is 0 Å². The molecule has 0 amide bonds. The summed E-state index contributed by atoms with van der Waals surface area (Å²) in [4.78, 5) is 6.83. The standard InChI is InChI=1S/C13H30N4/c1-5-8-9-10-15-13(14-6-2)16-11-12-17(4)7-3/h5-12H2,1-4H3,(H2,14,15,16). The smallest absolute Gasteiger partial charge is 0.191 e. The van der Waals surface area contributed by atoms with E-state index in [-0.39, 0.29) is 0 Å². The Hall–Kier alpha value is -0.770. The van der Waals surface area contributed by atoms with Gasteiger partial charge in [-0.1, -0.05) is 26.7 Å². The van der Waals surface area contributed by atoms with Crippen molar-refractivity contribution in [2.75, 3.05) is 39.8 Å². The van der Waals surface area contributed by atoms with Crippen LogP contribution in [0.1, 0.15) is 40.0 Å². The molecule has 0 radical (unpaired) electrons. The quantitative estimate of drug-likeness (QED) is 0.367. The molecule has 0 spiro atoms. The molecular weight excluding hydrogens is 212 g/mol. The number of likely N-dealkylation sites (N-methyl/N-ethyl adjacent to an activating group) is 1. The van der Waals surface area contributed by atoms with Crippen molar-refractivity contribution in [1.82, 2.24) is 15.5 Å². The van der Waals surface area contributed by atoms with Crippen molar-refractivity contribution in [2.24, 2.45) is 4.99 Å². The van der Waals surface area contributed by atoms with Crippen molar-refractivity contribution < 1.29 is 0 Å². The Bertz CT molecular complexity index is 192. The van der Waals surface area contributed by atoms with E-state index in [2.05, 4.69) is 48.3 Å². The maximum absolute atomic E-state index is 4.55. The molecule has 0 unspecified atom stereocenters. The second kappa shape index (κ2) is 11.7. The summed E-state index contributed by atoms with van der Waals surface area (Å²) in [6, 6.07) is 0. The van der Waals surface area contributed by atoms with E-state index >= 15 is 0 Å². The van der Waals surface area contributed by atoms with Crippen molar-refractivity contribution in [3.8, 4) is 0 Å². The fourth-order valence-corrected chi connectivity index (χ4v) is 1.42. The van der Waals surface area contributed by atoms with Gasteiger partial charge in [0.1, 0.15) is 0 Å². The lowest BCUT2D eigenvalue weighted by Gasteiger charge is -2.16. The van der Waals surface area contributed by atoms with Crippen LogP contribution < -0.4 is 10.6 Å². The first kappa shape index (κ1) is 16.2. The molecule has 0 aliphatic heterocycles. The van der Waals surface area contributed by atoms with E-state index in [1.807, 2.05) is 0 Å². The second-order valence-corrected chi connectivity index (χ2v) is 4.29. The molecule has 0 heterocycles. The Morgan fingerprint density at radius 1 is 1.12 bits per heavy atom. The average molecular weight is 242 g/mol. The molecule has 0 aromatic carbocycles. The molecule has 0 aliphatic rings. The summed E-state index contributed by atoms with van der Waals surface area (Å²) >= 11 is 0. The summed E-state index contributed by atoms with van der Waals surface area (Å²) in [5, 5.41) is 6.63. The van der Waals surface area contributed by atoms with Crippen LogP contribution >= 0.6 is 0 Å². The van der Waals surface area contributed by atoms with Crippen LogP contribution in [0.3, 0.4) is 0 Å². The fourth-order valence-electron chi connectivity index (χ4n) is 1.42. The van der Waals surface area contributed by atoms with Crippen LogP contribution in [0.4, 0.5) is 0 Å². The molecule has 0 bridgehead atoms. The number of unbranched alkanes of at least 4 members (excludes halogenated alkanes) is 2. The molecule has 0 aromatic heterocycles. The Morgan fingerprint density at radius 2 is 1.88 bits per heavy atom. The van der Waals surface area contributed by atoms with E-state index in [0.717, 1.165) is 38.7 Å². The zero-order chi connectivity index (χ0) is 12.9. The molecular formula is C13H30N4. The fraction of sp³-hybridized carbons (Fsp3) is 0.923. The van der Waals surface area contributed by atoms with Gasteiger partial charge >= 0.3 is 0 Å². The Morgan fingerprint density at radius 3 is 2.47 bits per heavy atom. The molecule has 0 rings (SSSR count). The van der Waals surface area contributed by atoms with Crippen LogP contribution in [0.2, 0.25) is 0 Å². The molecule has 0 saturated heterocycles. The highest BCUT2D eigenvalue weighted by atomic mass is 15.2. The largest absolute Gasteiger partial charge is 0.357 e. The normalized spacial score (nSPS) is 11.9. The third kappa shape index (κ3) is 10.1. The maximum atomic E-state index is 4.55. The van der Waals surface area contributed by atoms with Crippen LogP contribution in [-0.2, 0) is 0 Å². The van der Waals surface area contributed by atoms with Crippen LogP contribution in [0.15, 0.2) is 4.99 Å². The van der Waals surface area contributed by atoms with E-state index < -0.39 is 0 Å². The third-order valence-corrected chi connectivity index (χ3v) is 2.70. The Balaban J connectivity index is 3.80. The van der Waals surface area contributed by atoms with Gasteiger partial charge in [0.05, 0.1) is 0 Å². The summed E-state index contributed by atoms with van der Waals surface area (Å²) in [5.41, 5.74) is 0. The molecule has 0 fully saturated rings. The maximum Gasteiger partial charge on any atom is 0.191 e. The first-order chi connectivity index (χ1) is 8.24. The van der Waals surface area contributed by atoms with E-state index in [9.17, 15) is 0 Å². The van der Waals surface area contributed by atoms with E-state index in [1.54, 1.807) is 0 Å². The highest BCUT2D eigenvalue weighted by Gasteiger charge is 1.97.